The lowest BCUT2D eigenvalue weighted by atomic mass is 10.3. The van der Waals surface area contributed by atoms with Gasteiger partial charge in [0.1, 0.15) is 0 Å². The zero-order valence-corrected chi connectivity index (χ0v) is 15.1. The predicted molar refractivity (Wildman–Crippen MR) is 102 cm³/mol. The Hall–Kier alpha value is -3.02. The Morgan fingerprint density at radius 1 is 0.692 bits per heavy atom. The first-order valence-electron chi connectivity index (χ1n) is 8.80. The zero-order valence-electron chi connectivity index (χ0n) is 15.1. The van der Waals surface area contributed by atoms with E-state index in [0.29, 0.717) is 25.0 Å². The van der Waals surface area contributed by atoms with E-state index < -0.39 is 0 Å². The third-order valence-electron chi connectivity index (χ3n) is 4.46. The van der Waals surface area contributed by atoms with Crippen LogP contribution in [0, 0.1) is 0 Å². The van der Waals surface area contributed by atoms with Crippen molar-refractivity contribution in [2.75, 3.05) is 13.2 Å². The Labute approximate surface area is 152 Å². The molecule has 0 atom stereocenters. The number of hydrogen-bond donors (Lipinski definition) is 0. The maximum absolute atomic E-state index is 5.74. The maximum Gasteiger partial charge on any atom is 0.213 e. The Morgan fingerprint density at radius 2 is 1.15 bits per heavy atom. The lowest BCUT2D eigenvalue weighted by Gasteiger charge is -2.07. The van der Waals surface area contributed by atoms with Crippen LogP contribution >= 0.6 is 0 Å². The van der Waals surface area contributed by atoms with Gasteiger partial charge in [-0.25, -0.2) is 9.97 Å². The molecule has 6 heteroatoms. The Kier molecular flexibility index (Phi) is 4.48. The summed E-state index contributed by atoms with van der Waals surface area (Å²) in [7, 11) is 4.02. The molecular formula is C20H22N4O2. The standard InChI is InChI=1S/C20H22N4O2/c1-23-11-9-15-17(23)5-7-19(21-15)25-13-3-4-14-26-20-8-6-18-16(22-20)10-12-24(18)2/h5-12H,3-4,13-14H2,1-2H3. The van der Waals surface area contributed by atoms with Crippen LogP contribution in [0.2, 0.25) is 0 Å². The van der Waals surface area contributed by atoms with Gasteiger partial charge >= 0.3 is 0 Å². The Balaban J connectivity index is 1.21. The number of nitrogens with zero attached hydrogens (tertiary/aromatic N) is 4. The third-order valence-corrected chi connectivity index (χ3v) is 4.46. The second-order valence-corrected chi connectivity index (χ2v) is 6.37. The molecule has 0 aliphatic rings. The van der Waals surface area contributed by atoms with E-state index >= 15 is 0 Å². The summed E-state index contributed by atoms with van der Waals surface area (Å²) in [5, 5.41) is 0. The first-order valence-corrected chi connectivity index (χ1v) is 8.80. The maximum atomic E-state index is 5.74. The molecular weight excluding hydrogens is 328 g/mol. The summed E-state index contributed by atoms with van der Waals surface area (Å²) < 4.78 is 15.6. The van der Waals surface area contributed by atoms with E-state index in [0.717, 1.165) is 34.9 Å². The van der Waals surface area contributed by atoms with Crippen molar-refractivity contribution in [2.45, 2.75) is 12.8 Å². The minimum Gasteiger partial charge on any atom is -0.478 e. The number of hydrogen-bond acceptors (Lipinski definition) is 4. The number of unbranched alkanes of at least 4 members (excludes halogenated alkanes) is 1. The fraction of sp³-hybridized carbons (Fsp3) is 0.300. The highest BCUT2D eigenvalue weighted by molar-refractivity contribution is 5.76. The van der Waals surface area contributed by atoms with Gasteiger partial charge < -0.3 is 18.6 Å². The number of pyridine rings is 2. The molecule has 4 heterocycles. The van der Waals surface area contributed by atoms with Gasteiger partial charge in [0.2, 0.25) is 11.8 Å². The molecule has 0 aliphatic carbocycles. The van der Waals surface area contributed by atoms with Crippen LogP contribution < -0.4 is 9.47 Å². The number of aryl methyl sites for hydroxylation is 2. The van der Waals surface area contributed by atoms with Crippen molar-refractivity contribution in [3.05, 3.63) is 48.8 Å². The fourth-order valence-electron chi connectivity index (χ4n) is 2.98. The van der Waals surface area contributed by atoms with Crippen molar-refractivity contribution >= 4 is 22.1 Å². The van der Waals surface area contributed by atoms with E-state index in [9.17, 15) is 0 Å². The topological polar surface area (TPSA) is 54.1 Å². The summed E-state index contributed by atoms with van der Waals surface area (Å²) in [6, 6.07) is 11.9. The van der Waals surface area contributed by atoms with E-state index in [2.05, 4.69) is 9.97 Å². The average Bonchev–Trinajstić information content (AvgIpc) is 3.21. The zero-order chi connectivity index (χ0) is 17.9. The fourth-order valence-corrected chi connectivity index (χ4v) is 2.98. The van der Waals surface area contributed by atoms with Crippen LogP contribution in [0.15, 0.2) is 48.8 Å². The smallest absolute Gasteiger partial charge is 0.213 e. The molecule has 0 bridgehead atoms. The van der Waals surface area contributed by atoms with Gasteiger partial charge in [0.15, 0.2) is 0 Å². The molecule has 0 spiro atoms. The van der Waals surface area contributed by atoms with Crippen molar-refractivity contribution in [1.82, 2.24) is 19.1 Å². The summed E-state index contributed by atoms with van der Waals surface area (Å²) in [5.41, 5.74) is 4.12. The lowest BCUT2D eigenvalue weighted by Crippen LogP contribution is -2.04. The van der Waals surface area contributed by atoms with Crippen LogP contribution in [0.5, 0.6) is 11.8 Å². The minimum absolute atomic E-state index is 0.625. The van der Waals surface area contributed by atoms with Crippen LogP contribution in [-0.2, 0) is 14.1 Å². The summed E-state index contributed by atoms with van der Waals surface area (Å²) in [6.07, 6.45) is 5.81. The molecule has 0 fully saturated rings. The predicted octanol–water partition coefficient (Wildman–Crippen LogP) is 3.70. The highest BCUT2D eigenvalue weighted by atomic mass is 16.5. The SMILES string of the molecule is Cn1ccc2nc(OCCCCOc3ccc4c(ccn4C)n3)ccc21. The van der Waals surface area contributed by atoms with Crippen molar-refractivity contribution < 1.29 is 9.47 Å². The summed E-state index contributed by atoms with van der Waals surface area (Å²) in [5.74, 6) is 1.33. The Bertz CT molecular complexity index is 951. The van der Waals surface area contributed by atoms with Crippen molar-refractivity contribution in [2.24, 2.45) is 14.1 Å². The second kappa shape index (κ2) is 7.07. The van der Waals surface area contributed by atoms with E-state index in [1.54, 1.807) is 0 Å². The summed E-state index contributed by atoms with van der Waals surface area (Å²) in [6.45, 7) is 1.25. The molecule has 4 aromatic heterocycles. The van der Waals surface area contributed by atoms with Gasteiger partial charge in [-0.15, -0.1) is 0 Å². The molecule has 0 aromatic carbocycles. The molecule has 134 valence electrons. The van der Waals surface area contributed by atoms with Crippen molar-refractivity contribution in [3.63, 3.8) is 0 Å². The third kappa shape index (κ3) is 3.35. The van der Waals surface area contributed by atoms with Crippen LogP contribution in [0.25, 0.3) is 22.1 Å². The van der Waals surface area contributed by atoms with Crippen LogP contribution in [-0.4, -0.2) is 32.3 Å². The number of fused-ring (bicyclic) bond motifs is 2. The van der Waals surface area contributed by atoms with Crippen LogP contribution in [0.3, 0.4) is 0 Å². The Morgan fingerprint density at radius 3 is 1.62 bits per heavy atom. The number of aromatic nitrogens is 4. The average molecular weight is 350 g/mol. The molecule has 4 rings (SSSR count). The molecule has 0 unspecified atom stereocenters. The van der Waals surface area contributed by atoms with Gasteiger partial charge in [-0.1, -0.05) is 0 Å². The molecule has 0 amide bonds. The molecule has 0 N–H and O–H groups in total. The lowest BCUT2D eigenvalue weighted by molar-refractivity contribution is 0.257. The van der Waals surface area contributed by atoms with E-state index in [1.165, 1.54) is 0 Å². The first-order chi connectivity index (χ1) is 12.7. The van der Waals surface area contributed by atoms with E-state index in [1.807, 2.05) is 72.0 Å². The van der Waals surface area contributed by atoms with Gasteiger partial charge in [-0.2, -0.15) is 0 Å². The van der Waals surface area contributed by atoms with Gasteiger partial charge in [0, 0.05) is 38.6 Å². The highest BCUT2D eigenvalue weighted by Gasteiger charge is 2.04. The number of rotatable bonds is 7. The van der Waals surface area contributed by atoms with E-state index in [4.69, 9.17) is 9.47 Å². The van der Waals surface area contributed by atoms with Crippen molar-refractivity contribution in [1.29, 1.82) is 0 Å². The quantitative estimate of drug-likeness (QED) is 0.477. The molecule has 4 aromatic rings. The molecule has 0 saturated heterocycles. The summed E-state index contributed by atoms with van der Waals surface area (Å²) >= 11 is 0. The van der Waals surface area contributed by atoms with Gasteiger partial charge in [0.05, 0.1) is 35.3 Å². The molecule has 26 heavy (non-hydrogen) atoms. The summed E-state index contributed by atoms with van der Waals surface area (Å²) in [4.78, 5) is 9.01. The van der Waals surface area contributed by atoms with Crippen LogP contribution in [0.4, 0.5) is 0 Å². The first kappa shape index (κ1) is 16.4. The molecule has 6 nitrogen and oxygen atoms in total. The minimum atomic E-state index is 0.625. The largest absolute Gasteiger partial charge is 0.478 e. The van der Waals surface area contributed by atoms with Crippen molar-refractivity contribution in [3.8, 4) is 11.8 Å². The van der Waals surface area contributed by atoms with E-state index in [-0.39, 0.29) is 0 Å². The van der Waals surface area contributed by atoms with Gasteiger partial charge in [-0.3, -0.25) is 0 Å². The molecule has 0 saturated carbocycles. The van der Waals surface area contributed by atoms with Crippen LogP contribution in [0.1, 0.15) is 12.8 Å². The normalized spacial score (nSPS) is 11.3. The number of ether oxygens (including phenoxy) is 2. The molecule has 0 radical (unpaired) electrons. The van der Waals surface area contributed by atoms with Gasteiger partial charge in [0.25, 0.3) is 0 Å². The second-order valence-electron chi connectivity index (χ2n) is 6.37. The van der Waals surface area contributed by atoms with Gasteiger partial charge in [-0.05, 0) is 37.1 Å². The monoisotopic (exact) mass is 350 g/mol. The highest BCUT2D eigenvalue weighted by Crippen LogP contribution is 2.18. The molecule has 0 aliphatic heterocycles.